The Morgan fingerprint density at radius 1 is 1.33 bits per heavy atom. The number of carboxylic acid groups (broad SMARTS) is 1. The Bertz CT molecular complexity index is 401. The van der Waals surface area contributed by atoms with Crippen LogP contribution in [0.4, 0.5) is 0 Å². The molecule has 0 spiro atoms. The topological polar surface area (TPSA) is 122 Å². The van der Waals surface area contributed by atoms with Gasteiger partial charge in [-0.15, -0.1) is 0 Å². The molecule has 3 N–H and O–H groups in total. The first-order valence-corrected chi connectivity index (χ1v) is 7.81. The van der Waals surface area contributed by atoms with E-state index in [1.165, 1.54) is 13.8 Å². The van der Waals surface area contributed by atoms with Gasteiger partial charge in [-0.25, -0.2) is 4.79 Å². The molecule has 0 aromatic rings. The molecular formula is C12H22N2O6S. The highest BCUT2D eigenvalue weighted by Crippen LogP contribution is 2.00. The number of methoxy groups -OCH3 is 1. The number of hydrogen-bond donors (Lipinski definition) is 3. The summed E-state index contributed by atoms with van der Waals surface area (Å²) in [5, 5.41) is 12.8. The van der Waals surface area contributed by atoms with Gasteiger partial charge in [0.25, 0.3) is 0 Å². The van der Waals surface area contributed by atoms with E-state index in [2.05, 4.69) is 10.6 Å². The number of ether oxygens (including phenoxy) is 1. The molecule has 0 aromatic carbocycles. The third-order valence-corrected chi connectivity index (χ3v) is 4.26. The van der Waals surface area contributed by atoms with Crippen LogP contribution in [0.1, 0.15) is 20.3 Å². The molecule has 0 radical (unpaired) electrons. The standard InChI is InChI=1S/C12H22N2O6S/c1-8(11(16)13-5-4-6-20-3)21(19)7-10(12(17)18)14-9(2)15/h8,10H,4-7H2,1-3H3,(H,13,16)(H,14,15)(H,17,18). The van der Waals surface area contributed by atoms with E-state index >= 15 is 0 Å². The first kappa shape index (κ1) is 19.5. The fourth-order valence-corrected chi connectivity index (χ4v) is 2.59. The fraction of sp³-hybridized carbons (Fsp3) is 0.750. The second-order valence-electron chi connectivity index (χ2n) is 4.42. The highest BCUT2D eigenvalue weighted by atomic mass is 32.2. The molecule has 0 heterocycles. The molecule has 0 saturated heterocycles. The lowest BCUT2D eigenvalue weighted by Crippen LogP contribution is -2.46. The molecule has 3 atom stereocenters. The Kier molecular flexibility index (Phi) is 9.55. The van der Waals surface area contributed by atoms with Crippen molar-refractivity contribution in [3.05, 3.63) is 0 Å². The summed E-state index contributed by atoms with van der Waals surface area (Å²) in [7, 11) is -0.159. The van der Waals surface area contributed by atoms with Gasteiger partial charge in [0, 0.05) is 38.0 Å². The summed E-state index contributed by atoms with van der Waals surface area (Å²) in [4.78, 5) is 33.6. The summed E-state index contributed by atoms with van der Waals surface area (Å²) in [5.41, 5.74) is 0. The lowest BCUT2D eigenvalue weighted by atomic mass is 10.3. The minimum absolute atomic E-state index is 0.318. The van der Waals surface area contributed by atoms with Crippen molar-refractivity contribution in [1.29, 1.82) is 0 Å². The van der Waals surface area contributed by atoms with Crippen molar-refractivity contribution in [1.82, 2.24) is 10.6 Å². The minimum Gasteiger partial charge on any atom is -0.480 e. The molecule has 122 valence electrons. The number of carbonyl (C=O) groups is 3. The zero-order valence-corrected chi connectivity index (χ0v) is 13.2. The van der Waals surface area contributed by atoms with Crippen LogP contribution in [0, 0.1) is 0 Å². The van der Waals surface area contributed by atoms with Crippen LogP contribution in [-0.2, 0) is 29.9 Å². The van der Waals surface area contributed by atoms with E-state index in [9.17, 15) is 18.6 Å². The summed E-state index contributed by atoms with van der Waals surface area (Å²) >= 11 is 0. The number of aliphatic carboxylic acids is 1. The largest absolute Gasteiger partial charge is 0.480 e. The molecule has 0 fully saturated rings. The van der Waals surface area contributed by atoms with Gasteiger partial charge in [0.1, 0.15) is 11.3 Å². The number of hydrogen-bond acceptors (Lipinski definition) is 5. The summed E-state index contributed by atoms with van der Waals surface area (Å²) in [6, 6.07) is -1.27. The molecule has 0 aromatic heterocycles. The number of carboxylic acids is 1. The van der Waals surface area contributed by atoms with Gasteiger partial charge in [0.15, 0.2) is 0 Å². The first-order chi connectivity index (χ1) is 9.79. The summed E-state index contributed by atoms with van der Waals surface area (Å²) < 4.78 is 16.8. The van der Waals surface area contributed by atoms with Crippen LogP contribution in [0.15, 0.2) is 0 Å². The van der Waals surface area contributed by atoms with Gasteiger partial charge in [0.05, 0.1) is 5.75 Å². The molecule has 21 heavy (non-hydrogen) atoms. The van der Waals surface area contributed by atoms with E-state index in [4.69, 9.17) is 9.84 Å². The smallest absolute Gasteiger partial charge is 0.327 e. The zero-order chi connectivity index (χ0) is 16.4. The molecule has 0 saturated carbocycles. The molecular weight excluding hydrogens is 300 g/mol. The highest BCUT2D eigenvalue weighted by molar-refractivity contribution is 7.86. The molecule has 0 aliphatic carbocycles. The van der Waals surface area contributed by atoms with E-state index in [0.29, 0.717) is 19.6 Å². The van der Waals surface area contributed by atoms with Crippen molar-refractivity contribution in [3.63, 3.8) is 0 Å². The molecule has 0 aliphatic rings. The van der Waals surface area contributed by atoms with Crippen LogP contribution in [-0.4, -0.2) is 64.4 Å². The van der Waals surface area contributed by atoms with Crippen LogP contribution in [0.2, 0.25) is 0 Å². The lowest BCUT2D eigenvalue weighted by Gasteiger charge is -2.16. The lowest BCUT2D eigenvalue weighted by molar-refractivity contribution is -0.140. The van der Waals surface area contributed by atoms with E-state index in [1.807, 2.05) is 0 Å². The molecule has 0 rings (SSSR count). The molecule has 3 unspecified atom stereocenters. The summed E-state index contributed by atoms with van der Waals surface area (Å²) in [5.74, 6) is -2.56. The number of carbonyl (C=O) groups excluding carboxylic acids is 2. The predicted octanol–water partition coefficient (Wildman–Crippen LogP) is -1.13. The predicted molar refractivity (Wildman–Crippen MR) is 77.2 cm³/mol. The monoisotopic (exact) mass is 322 g/mol. The highest BCUT2D eigenvalue weighted by Gasteiger charge is 2.27. The minimum atomic E-state index is -1.71. The Morgan fingerprint density at radius 2 is 1.95 bits per heavy atom. The van der Waals surface area contributed by atoms with E-state index in [-0.39, 0.29) is 5.75 Å². The first-order valence-electron chi connectivity index (χ1n) is 6.43. The quantitative estimate of drug-likeness (QED) is 0.437. The molecule has 9 heteroatoms. The normalized spacial score (nSPS) is 14.8. The van der Waals surface area contributed by atoms with Crippen molar-refractivity contribution in [2.45, 2.75) is 31.6 Å². The SMILES string of the molecule is COCCCNC(=O)C(C)S(=O)CC(NC(C)=O)C(=O)O. The van der Waals surface area contributed by atoms with Crippen LogP contribution in [0.5, 0.6) is 0 Å². The van der Waals surface area contributed by atoms with Crippen LogP contribution >= 0.6 is 0 Å². The third-order valence-electron chi connectivity index (χ3n) is 2.59. The van der Waals surface area contributed by atoms with Crippen LogP contribution < -0.4 is 10.6 Å². The van der Waals surface area contributed by atoms with Gasteiger partial charge in [-0.3, -0.25) is 13.8 Å². The van der Waals surface area contributed by atoms with Gasteiger partial charge in [-0.05, 0) is 13.3 Å². The van der Waals surface area contributed by atoms with Gasteiger partial charge < -0.3 is 20.5 Å². The maximum absolute atomic E-state index is 12.0. The second kappa shape index (κ2) is 10.3. The Labute approximate surface area is 126 Å². The third kappa shape index (κ3) is 8.41. The molecule has 8 nitrogen and oxygen atoms in total. The van der Waals surface area contributed by atoms with Gasteiger partial charge >= 0.3 is 5.97 Å². The van der Waals surface area contributed by atoms with Crippen LogP contribution in [0.25, 0.3) is 0 Å². The van der Waals surface area contributed by atoms with Gasteiger partial charge in [-0.1, -0.05) is 0 Å². The van der Waals surface area contributed by atoms with Crippen molar-refractivity contribution in [3.8, 4) is 0 Å². The van der Waals surface area contributed by atoms with Crippen molar-refractivity contribution >= 4 is 28.6 Å². The Balaban J connectivity index is 4.37. The molecule has 2 amide bonds. The average molecular weight is 322 g/mol. The van der Waals surface area contributed by atoms with Crippen molar-refractivity contribution in [2.24, 2.45) is 0 Å². The van der Waals surface area contributed by atoms with Crippen LogP contribution in [0.3, 0.4) is 0 Å². The second-order valence-corrected chi connectivity index (χ2v) is 6.22. The molecule has 0 bridgehead atoms. The number of rotatable bonds is 10. The number of nitrogens with one attached hydrogen (secondary N) is 2. The Hall–Kier alpha value is -1.48. The maximum Gasteiger partial charge on any atom is 0.327 e. The maximum atomic E-state index is 12.0. The van der Waals surface area contributed by atoms with Crippen molar-refractivity contribution in [2.75, 3.05) is 26.0 Å². The fourth-order valence-electron chi connectivity index (χ4n) is 1.42. The van der Waals surface area contributed by atoms with Gasteiger partial charge in [-0.2, -0.15) is 0 Å². The summed E-state index contributed by atoms with van der Waals surface area (Å²) in [6.45, 7) is 3.52. The van der Waals surface area contributed by atoms with Crippen molar-refractivity contribution < 1.29 is 28.4 Å². The zero-order valence-electron chi connectivity index (χ0n) is 12.4. The molecule has 0 aliphatic heterocycles. The summed E-state index contributed by atoms with van der Waals surface area (Å²) in [6.07, 6.45) is 0.630. The average Bonchev–Trinajstić information content (AvgIpc) is 2.41. The Morgan fingerprint density at radius 3 is 2.43 bits per heavy atom. The van der Waals surface area contributed by atoms with Gasteiger partial charge in [0.2, 0.25) is 11.8 Å². The van der Waals surface area contributed by atoms with E-state index in [1.54, 1.807) is 7.11 Å². The number of amides is 2. The van der Waals surface area contributed by atoms with E-state index < -0.39 is 39.9 Å². The van der Waals surface area contributed by atoms with E-state index in [0.717, 1.165) is 0 Å².